The summed E-state index contributed by atoms with van der Waals surface area (Å²) in [6.45, 7) is 3.40. The van der Waals surface area contributed by atoms with E-state index < -0.39 is 5.91 Å². The normalized spacial score (nSPS) is 10.8. The summed E-state index contributed by atoms with van der Waals surface area (Å²) >= 11 is 0. The Kier molecular flexibility index (Phi) is 4.31. The average molecular weight is 337 g/mol. The number of ether oxygens (including phenoxy) is 1. The number of aryl methyl sites for hydroxylation is 1. The van der Waals surface area contributed by atoms with Crippen LogP contribution < -0.4 is 10.5 Å². The van der Waals surface area contributed by atoms with Crippen LogP contribution in [0.1, 0.15) is 40.3 Å². The number of primary amides is 1. The van der Waals surface area contributed by atoms with Gasteiger partial charge in [0.1, 0.15) is 0 Å². The van der Waals surface area contributed by atoms with Crippen molar-refractivity contribution in [3.8, 4) is 16.9 Å². The Bertz CT molecular complexity index is 985. The Morgan fingerprint density at radius 3 is 2.44 bits per heavy atom. The lowest BCUT2D eigenvalue weighted by Crippen LogP contribution is -2.14. The molecule has 5 heteroatoms. The molecule has 0 bridgehead atoms. The van der Waals surface area contributed by atoms with Gasteiger partial charge in [-0.05, 0) is 35.2 Å². The Labute approximate surface area is 145 Å². The third-order valence-electron chi connectivity index (χ3n) is 4.28. The van der Waals surface area contributed by atoms with E-state index in [0.717, 1.165) is 23.1 Å². The summed E-state index contributed by atoms with van der Waals surface area (Å²) in [6, 6.07) is 11.5. The number of rotatable bonds is 5. The maximum Gasteiger partial charge on any atom is 0.253 e. The highest BCUT2D eigenvalue weighted by molar-refractivity contribution is 6.18. The molecule has 25 heavy (non-hydrogen) atoms. The number of hydrogen-bond donors (Lipinski definition) is 1. The van der Waals surface area contributed by atoms with Crippen molar-refractivity contribution in [3.63, 3.8) is 0 Å². The second-order valence-electron chi connectivity index (χ2n) is 5.76. The van der Waals surface area contributed by atoms with Gasteiger partial charge in [0.2, 0.25) is 0 Å². The Hall–Kier alpha value is -3.08. The first-order valence-corrected chi connectivity index (χ1v) is 8.02. The lowest BCUT2D eigenvalue weighted by atomic mass is 9.93. The van der Waals surface area contributed by atoms with Gasteiger partial charge in [-0.2, -0.15) is 0 Å². The molecule has 3 rings (SSSR count). The highest BCUT2D eigenvalue weighted by Gasteiger charge is 2.27. The van der Waals surface area contributed by atoms with Gasteiger partial charge in [-0.15, -0.1) is 0 Å². The topological polar surface area (TPSA) is 82.5 Å². The molecule has 0 spiro atoms. The van der Waals surface area contributed by atoms with E-state index in [1.165, 1.54) is 14.0 Å². The number of amides is 1. The molecule has 0 unspecified atom stereocenters. The van der Waals surface area contributed by atoms with E-state index in [0.29, 0.717) is 16.7 Å². The van der Waals surface area contributed by atoms with Crippen LogP contribution in [-0.2, 0) is 6.42 Å². The summed E-state index contributed by atoms with van der Waals surface area (Å²) in [5.41, 5.74) is 8.91. The molecule has 0 saturated heterocycles. The summed E-state index contributed by atoms with van der Waals surface area (Å²) in [6.07, 6.45) is 0.826. The minimum Gasteiger partial charge on any atom is -0.493 e. The Morgan fingerprint density at radius 1 is 1.12 bits per heavy atom. The molecule has 1 heterocycles. The number of nitrogens with two attached hydrogens (primary N) is 1. The number of carbonyl (C=O) groups excluding carboxylic acids is 2. The second kappa shape index (κ2) is 6.43. The number of Topliss-reactive ketones (excluding diaryl/α,β-unsaturated/α-hetero) is 1. The first-order valence-electron chi connectivity index (χ1n) is 8.02. The van der Waals surface area contributed by atoms with Crippen molar-refractivity contribution in [2.75, 3.05) is 7.11 Å². The Morgan fingerprint density at radius 2 is 1.84 bits per heavy atom. The van der Waals surface area contributed by atoms with Crippen LogP contribution in [-0.4, -0.2) is 18.8 Å². The molecule has 5 nitrogen and oxygen atoms in total. The van der Waals surface area contributed by atoms with E-state index in [2.05, 4.69) is 6.92 Å². The quantitative estimate of drug-likeness (QED) is 0.714. The van der Waals surface area contributed by atoms with Crippen molar-refractivity contribution in [2.45, 2.75) is 20.3 Å². The summed E-state index contributed by atoms with van der Waals surface area (Å²) in [5, 5.41) is 0.512. The number of furan rings is 1. The molecular weight excluding hydrogens is 318 g/mol. The summed E-state index contributed by atoms with van der Waals surface area (Å²) in [4.78, 5) is 24.1. The maximum absolute atomic E-state index is 12.1. The van der Waals surface area contributed by atoms with Crippen LogP contribution in [0.15, 0.2) is 40.8 Å². The molecule has 1 amide bonds. The van der Waals surface area contributed by atoms with Crippen molar-refractivity contribution in [3.05, 3.63) is 53.3 Å². The number of carbonyl (C=O) groups is 2. The van der Waals surface area contributed by atoms with Gasteiger partial charge in [-0.25, -0.2) is 0 Å². The first kappa shape index (κ1) is 16.8. The molecule has 2 N–H and O–H groups in total. The van der Waals surface area contributed by atoms with Gasteiger partial charge in [0.15, 0.2) is 22.9 Å². The van der Waals surface area contributed by atoms with E-state index in [1.807, 2.05) is 30.3 Å². The minimum absolute atomic E-state index is 0.0396. The maximum atomic E-state index is 12.1. The van der Waals surface area contributed by atoms with Gasteiger partial charge in [0, 0.05) is 12.3 Å². The Balaban J connectivity index is 2.49. The summed E-state index contributed by atoms with van der Waals surface area (Å²) < 4.78 is 11.0. The van der Waals surface area contributed by atoms with Crippen LogP contribution in [0.3, 0.4) is 0 Å². The van der Waals surface area contributed by atoms with Crippen molar-refractivity contribution >= 4 is 22.7 Å². The molecule has 0 radical (unpaired) electrons. The highest BCUT2D eigenvalue weighted by atomic mass is 16.5. The first-order chi connectivity index (χ1) is 12.0. The molecule has 0 aliphatic rings. The zero-order chi connectivity index (χ0) is 18.1. The molecule has 0 atom stereocenters. The van der Waals surface area contributed by atoms with Crippen molar-refractivity contribution in [1.29, 1.82) is 0 Å². The zero-order valence-electron chi connectivity index (χ0n) is 14.4. The molecule has 1 aromatic heterocycles. The molecule has 0 aliphatic heterocycles. The van der Waals surface area contributed by atoms with Crippen LogP contribution in [0.25, 0.3) is 22.1 Å². The fourth-order valence-electron chi connectivity index (χ4n) is 3.14. The van der Waals surface area contributed by atoms with Gasteiger partial charge in [0.25, 0.3) is 5.91 Å². The molecular formula is C20H19NO4. The van der Waals surface area contributed by atoms with Crippen molar-refractivity contribution in [2.24, 2.45) is 5.73 Å². The molecule has 128 valence electrons. The van der Waals surface area contributed by atoms with E-state index in [1.54, 1.807) is 6.07 Å². The molecule has 3 aromatic rings. The average Bonchev–Trinajstić information content (AvgIpc) is 3.02. The molecule has 0 aliphatic carbocycles. The van der Waals surface area contributed by atoms with Gasteiger partial charge >= 0.3 is 0 Å². The third-order valence-corrected chi connectivity index (χ3v) is 4.28. The number of fused-ring (bicyclic) bond motifs is 1. The fraction of sp³-hybridized carbons (Fsp3) is 0.200. The summed E-state index contributed by atoms with van der Waals surface area (Å²) in [7, 11) is 1.51. The fourth-order valence-corrected chi connectivity index (χ4v) is 3.14. The predicted octanol–water partition coefficient (Wildman–Crippen LogP) is 3.97. The monoisotopic (exact) mass is 337 g/mol. The minimum atomic E-state index is -0.701. The number of hydrogen-bond acceptors (Lipinski definition) is 4. The van der Waals surface area contributed by atoms with Crippen molar-refractivity contribution in [1.82, 2.24) is 0 Å². The van der Waals surface area contributed by atoms with E-state index in [4.69, 9.17) is 14.9 Å². The van der Waals surface area contributed by atoms with E-state index in [9.17, 15) is 9.59 Å². The van der Waals surface area contributed by atoms with Crippen LogP contribution in [0.2, 0.25) is 0 Å². The summed E-state index contributed by atoms with van der Waals surface area (Å²) in [5.74, 6) is -0.654. The van der Waals surface area contributed by atoms with Crippen LogP contribution >= 0.6 is 0 Å². The molecule has 0 saturated carbocycles. The lowest BCUT2D eigenvalue weighted by molar-refractivity contribution is 0.0958. The van der Waals surface area contributed by atoms with Crippen molar-refractivity contribution < 1.29 is 18.7 Å². The van der Waals surface area contributed by atoms with E-state index in [-0.39, 0.29) is 17.1 Å². The number of ketones is 1. The van der Waals surface area contributed by atoms with Gasteiger partial charge in [-0.1, -0.05) is 31.2 Å². The highest BCUT2D eigenvalue weighted by Crippen LogP contribution is 2.41. The number of methoxy groups -OCH3 is 1. The zero-order valence-corrected chi connectivity index (χ0v) is 14.4. The number of benzene rings is 2. The smallest absolute Gasteiger partial charge is 0.253 e. The standard InChI is InChI=1S/C20H19NO4/c1-4-12-7-5-6-8-13(12)14-9-10-15(24-3)19-16(14)17(20(21)23)18(25-19)11(2)22/h5-10H,4H2,1-3H3,(H2,21,23). The molecule has 2 aromatic carbocycles. The molecule has 0 fully saturated rings. The van der Waals surface area contributed by atoms with Crippen LogP contribution in [0.4, 0.5) is 0 Å². The largest absolute Gasteiger partial charge is 0.493 e. The third kappa shape index (κ3) is 2.67. The second-order valence-corrected chi connectivity index (χ2v) is 5.76. The van der Waals surface area contributed by atoms with Gasteiger partial charge in [-0.3, -0.25) is 9.59 Å². The predicted molar refractivity (Wildman–Crippen MR) is 96.1 cm³/mol. The van der Waals surface area contributed by atoms with Gasteiger partial charge < -0.3 is 14.9 Å². The van der Waals surface area contributed by atoms with Crippen LogP contribution in [0.5, 0.6) is 5.75 Å². The van der Waals surface area contributed by atoms with E-state index >= 15 is 0 Å². The SMILES string of the molecule is CCc1ccccc1-c1ccc(OC)c2oc(C(C)=O)c(C(N)=O)c12. The van der Waals surface area contributed by atoms with Crippen LogP contribution in [0, 0.1) is 0 Å². The van der Waals surface area contributed by atoms with Gasteiger partial charge in [0.05, 0.1) is 12.7 Å². The lowest BCUT2D eigenvalue weighted by Gasteiger charge is -2.11.